The molecular weight excluding hydrogens is 208 g/mol. The average Bonchev–Trinajstić information content (AvgIpc) is 2.28. The first-order valence-corrected chi connectivity index (χ1v) is 4.84. The van der Waals surface area contributed by atoms with Gasteiger partial charge in [0.2, 0.25) is 5.91 Å². The zero-order valence-electron chi connectivity index (χ0n) is 8.99. The minimum atomic E-state index is -0.266. The Balaban J connectivity index is 2.44. The Hall–Kier alpha value is -2.11. The van der Waals surface area contributed by atoms with Crippen LogP contribution in [0.2, 0.25) is 0 Å². The van der Waals surface area contributed by atoms with E-state index in [1.54, 1.807) is 13.1 Å². The fraction of sp³-hybridized carbons (Fsp3) is 0.300. The molecule has 0 atom stereocenters. The third-order valence-corrected chi connectivity index (χ3v) is 1.96. The number of hydrogen-bond acceptors (Lipinski definition) is 4. The summed E-state index contributed by atoms with van der Waals surface area (Å²) < 4.78 is 0. The lowest BCUT2D eigenvalue weighted by Crippen LogP contribution is -2.29. The molecule has 0 aromatic carbocycles. The highest BCUT2D eigenvalue weighted by molar-refractivity contribution is 5.94. The molecule has 1 rings (SSSR count). The van der Waals surface area contributed by atoms with Crippen molar-refractivity contribution in [2.45, 2.75) is 6.42 Å². The molecule has 16 heavy (non-hydrogen) atoms. The van der Waals surface area contributed by atoms with Crippen molar-refractivity contribution < 1.29 is 9.59 Å². The molecule has 0 spiro atoms. The SMILES string of the molecule is CNC(=O)CCNC(=O)c1ccnc(N)c1. The molecular formula is C10H14N4O2. The maximum atomic E-state index is 11.5. The number of pyridine rings is 1. The zero-order valence-corrected chi connectivity index (χ0v) is 8.99. The number of nitrogens with two attached hydrogens (primary N) is 1. The Morgan fingerprint density at radius 2 is 2.25 bits per heavy atom. The van der Waals surface area contributed by atoms with E-state index in [0.717, 1.165) is 0 Å². The van der Waals surface area contributed by atoms with Gasteiger partial charge in [0, 0.05) is 31.8 Å². The largest absolute Gasteiger partial charge is 0.384 e. The number of anilines is 1. The molecule has 0 radical (unpaired) electrons. The Kier molecular flexibility index (Phi) is 4.26. The summed E-state index contributed by atoms with van der Waals surface area (Å²) >= 11 is 0. The predicted molar refractivity (Wildman–Crippen MR) is 59.7 cm³/mol. The Morgan fingerprint density at radius 1 is 1.50 bits per heavy atom. The molecule has 1 aromatic heterocycles. The molecule has 0 bridgehead atoms. The molecule has 0 unspecified atom stereocenters. The standard InChI is InChI=1S/C10H14N4O2/c1-12-9(15)3-5-14-10(16)7-2-4-13-8(11)6-7/h2,4,6H,3,5H2,1H3,(H2,11,13)(H,12,15)(H,14,16). The first-order valence-electron chi connectivity index (χ1n) is 4.84. The third-order valence-electron chi connectivity index (χ3n) is 1.96. The summed E-state index contributed by atoms with van der Waals surface area (Å²) in [4.78, 5) is 26.2. The molecule has 0 aliphatic rings. The van der Waals surface area contributed by atoms with E-state index in [1.165, 1.54) is 12.3 Å². The van der Waals surface area contributed by atoms with Crippen molar-refractivity contribution in [2.24, 2.45) is 0 Å². The van der Waals surface area contributed by atoms with Crippen molar-refractivity contribution in [3.8, 4) is 0 Å². The van der Waals surface area contributed by atoms with Crippen molar-refractivity contribution in [1.82, 2.24) is 15.6 Å². The molecule has 1 aromatic rings. The number of carbonyl (C=O) groups excluding carboxylic acids is 2. The molecule has 0 fully saturated rings. The highest BCUT2D eigenvalue weighted by Crippen LogP contribution is 2.02. The molecule has 2 amide bonds. The van der Waals surface area contributed by atoms with Crippen LogP contribution in [-0.2, 0) is 4.79 Å². The number of nitrogens with one attached hydrogen (secondary N) is 2. The summed E-state index contributed by atoms with van der Waals surface area (Å²) in [6.07, 6.45) is 1.71. The predicted octanol–water partition coefficient (Wildman–Crippen LogP) is -0.470. The van der Waals surface area contributed by atoms with Crippen LogP contribution >= 0.6 is 0 Å². The number of nitrogen functional groups attached to an aromatic ring is 1. The van der Waals surface area contributed by atoms with Crippen LogP contribution in [0.25, 0.3) is 0 Å². The lowest BCUT2D eigenvalue weighted by atomic mass is 10.2. The van der Waals surface area contributed by atoms with Gasteiger partial charge in [-0.05, 0) is 12.1 Å². The Labute approximate surface area is 93.2 Å². The van der Waals surface area contributed by atoms with Gasteiger partial charge in [0.1, 0.15) is 5.82 Å². The van der Waals surface area contributed by atoms with Crippen molar-refractivity contribution in [3.63, 3.8) is 0 Å². The normalized spacial score (nSPS) is 9.56. The summed E-state index contributed by atoms with van der Waals surface area (Å²) in [5.74, 6) is -0.0912. The van der Waals surface area contributed by atoms with Gasteiger partial charge < -0.3 is 16.4 Å². The van der Waals surface area contributed by atoms with Gasteiger partial charge in [0.25, 0.3) is 5.91 Å². The lowest BCUT2D eigenvalue weighted by Gasteiger charge is -2.04. The summed E-state index contributed by atoms with van der Waals surface area (Å²) in [5, 5.41) is 5.08. The summed E-state index contributed by atoms with van der Waals surface area (Å²) in [7, 11) is 1.55. The van der Waals surface area contributed by atoms with E-state index >= 15 is 0 Å². The van der Waals surface area contributed by atoms with Gasteiger partial charge >= 0.3 is 0 Å². The van der Waals surface area contributed by atoms with Crippen LogP contribution in [0, 0.1) is 0 Å². The third kappa shape index (κ3) is 3.56. The van der Waals surface area contributed by atoms with Crippen molar-refractivity contribution in [1.29, 1.82) is 0 Å². The van der Waals surface area contributed by atoms with Crippen molar-refractivity contribution in [2.75, 3.05) is 19.3 Å². The maximum absolute atomic E-state index is 11.5. The van der Waals surface area contributed by atoms with Gasteiger partial charge in [-0.25, -0.2) is 4.98 Å². The van der Waals surface area contributed by atoms with E-state index in [-0.39, 0.29) is 18.2 Å². The number of nitrogens with zero attached hydrogens (tertiary/aromatic N) is 1. The second-order valence-electron chi connectivity index (χ2n) is 3.15. The number of hydrogen-bond donors (Lipinski definition) is 3. The molecule has 6 nitrogen and oxygen atoms in total. The van der Waals surface area contributed by atoms with Crippen molar-refractivity contribution in [3.05, 3.63) is 23.9 Å². The molecule has 86 valence electrons. The number of rotatable bonds is 4. The second-order valence-corrected chi connectivity index (χ2v) is 3.15. The Bertz CT molecular complexity index is 392. The van der Waals surface area contributed by atoms with Crippen LogP contribution in [0.4, 0.5) is 5.82 Å². The summed E-state index contributed by atoms with van der Waals surface area (Å²) in [5.41, 5.74) is 5.87. The van der Waals surface area contributed by atoms with E-state index in [4.69, 9.17) is 5.73 Å². The molecule has 0 saturated carbocycles. The van der Waals surface area contributed by atoms with Crippen LogP contribution in [0.15, 0.2) is 18.3 Å². The topological polar surface area (TPSA) is 97.1 Å². The minimum Gasteiger partial charge on any atom is -0.384 e. The van der Waals surface area contributed by atoms with E-state index in [2.05, 4.69) is 15.6 Å². The van der Waals surface area contributed by atoms with Gasteiger partial charge in [0.15, 0.2) is 0 Å². The number of aromatic nitrogens is 1. The fourth-order valence-electron chi connectivity index (χ4n) is 1.11. The highest BCUT2D eigenvalue weighted by atomic mass is 16.2. The molecule has 0 saturated heterocycles. The van der Waals surface area contributed by atoms with E-state index in [0.29, 0.717) is 17.9 Å². The monoisotopic (exact) mass is 222 g/mol. The molecule has 1 heterocycles. The average molecular weight is 222 g/mol. The molecule has 6 heteroatoms. The number of carbonyl (C=O) groups is 2. The first kappa shape index (κ1) is 12.0. The first-order chi connectivity index (χ1) is 7.63. The van der Waals surface area contributed by atoms with Gasteiger partial charge in [-0.3, -0.25) is 9.59 Å². The van der Waals surface area contributed by atoms with E-state index < -0.39 is 0 Å². The van der Waals surface area contributed by atoms with E-state index in [9.17, 15) is 9.59 Å². The van der Waals surface area contributed by atoms with E-state index in [1.807, 2.05) is 0 Å². The quantitative estimate of drug-likeness (QED) is 0.641. The van der Waals surface area contributed by atoms with Gasteiger partial charge in [-0.1, -0.05) is 0 Å². The Morgan fingerprint density at radius 3 is 2.88 bits per heavy atom. The van der Waals surface area contributed by atoms with Gasteiger partial charge in [0.05, 0.1) is 0 Å². The van der Waals surface area contributed by atoms with Crippen molar-refractivity contribution >= 4 is 17.6 Å². The smallest absolute Gasteiger partial charge is 0.251 e. The van der Waals surface area contributed by atoms with Crippen LogP contribution in [0.5, 0.6) is 0 Å². The minimum absolute atomic E-state index is 0.116. The van der Waals surface area contributed by atoms with Crippen LogP contribution in [0.3, 0.4) is 0 Å². The molecule has 4 N–H and O–H groups in total. The van der Waals surface area contributed by atoms with Gasteiger partial charge in [-0.2, -0.15) is 0 Å². The maximum Gasteiger partial charge on any atom is 0.251 e. The zero-order chi connectivity index (χ0) is 12.0. The van der Waals surface area contributed by atoms with Crippen LogP contribution in [-0.4, -0.2) is 30.4 Å². The summed E-state index contributed by atoms with van der Waals surface area (Å²) in [6, 6.07) is 3.04. The van der Waals surface area contributed by atoms with Crippen LogP contribution in [0.1, 0.15) is 16.8 Å². The lowest BCUT2D eigenvalue weighted by molar-refractivity contribution is -0.120. The summed E-state index contributed by atoms with van der Waals surface area (Å²) in [6.45, 7) is 0.292. The fourth-order valence-corrected chi connectivity index (χ4v) is 1.11. The second kappa shape index (κ2) is 5.69. The highest BCUT2D eigenvalue weighted by Gasteiger charge is 2.06. The molecule has 0 aliphatic carbocycles. The van der Waals surface area contributed by atoms with Gasteiger partial charge in [-0.15, -0.1) is 0 Å². The molecule has 0 aliphatic heterocycles. The number of amides is 2. The van der Waals surface area contributed by atoms with Crippen LogP contribution < -0.4 is 16.4 Å².